The van der Waals surface area contributed by atoms with Crippen LogP contribution in [0.1, 0.15) is 11.3 Å². The van der Waals surface area contributed by atoms with E-state index < -0.39 is 4.92 Å². The van der Waals surface area contributed by atoms with Gasteiger partial charge in [-0.2, -0.15) is 0 Å². The summed E-state index contributed by atoms with van der Waals surface area (Å²) < 4.78 is 1.89. The fourth-order valence-electron chi connectivity index (χ4n) is 3.02. The summed E-state index contributed by atoms with van der Waals surface area (Å²) in [6, 6.07) is 19.8. The molecule has 1 aliphatic rings. The Morgan fingerprint density at radius 1 is 1.03 bits per heavy atom. The zero-order chi connectivity index (χ0) is 20.4. The molecule has 144 valence electrons. The fourth-order valence-corrected chi connectivity index (χ4v) is 4.24. The van der Waals surface area contributed by atoms with Gasteiger partial charge < -0.3 is 4.57 Å². The van der Waals surface area contributed by atoms with Crippen LogP contribution in [0.25, 0.3) is 11.8 Å². The largest absolute Gasteiger partial charge is 0.317 e. The lowest BCUT2D eigenvalue weighted by Crippen LogP contribution is -2.26. The summed E-state index contributed by atoms with van der Waals surface area (Å²) in [7, 11) is 0. The fraction of sp³-hybridized carbons (Fsp3) is 0.0476. The van der Waals surface area contributed by atoms with Crippen molar-refractivity contribution >= 4 is 46.0 Å². The first-order chi connectivity index (χ1) is 14.0. The van der Waals surface area contributed by atoms with Gasteiger partial charge in [-0.05, 0) is 47.7 Å². The molecule has 0 bridgehead atoms. The van der Waals surface area contributed by atoms with Gasteiger partial charge in [0.25, 0.3) is 10.9 Å². The molecule has 2 heterocycles. The number of hydrogen-bond donors (Lipinski definition) is 0. The number of thiocarbonyl (C=S) groups is 1. The van der Waals surface area contributed by atoms with Gasteiger partial charge in [0.05, 0.1) is 16.4 Å². The van der Waals surface area contributed by atoms with Crippen molar-refractivity contribution in [2.75, 3.05) is 0 Å². The van der Waals surface area contributed by atoms with Crippen LogP contribution in [-0.4, -0.2) is 24.6 Å². The van der Waals surface area contributed by atoms with Gasteiger partial charge in [-0.25, -0.2) is 0 Å². The van der Waals surface area contributed by atoms with E-state index in [0.717, 1.165) is 28.7 Å². The minimum absolute atomic E-state index is 0.0375. The van der Waals surface area contributed by atoms with E-state index in [2.05, 4.69) is 0 Å². The van der Waals surface area contributed by atoms with Gasteiger partial charge in [-0.15, -0.1) is 0 Å². The minimum atomic E-state index is -0.428. The molecule has 0 N–H and O–H groups in total. The number of rotatable bonds is 5. The molecule has 3 aromatic rings. The van der Waals surface area contributed by atoms with Crippen molar-refractivity contribution in [2.45, 2.75) is 6.54 Å². The highest BCUT2D eigenvalue weighted by atomic mass is 32.2. The summed E-state index contributed by atoms with van der Waals surface area (Å²) in [5, 5.41) is 10.8. The Morgan fingerprint density at radius 2 is 1.76 bits per heavy atom. The van der Waals surface area contributed by atoms with Crippen molar-refractivity contribution in [1.29, 1.82) is 0 Å². The predicted octanol–water partition coefficient (Wildman–Crippen LogP) is 5.42. The monoisotopic (exact) mass is 421 g/mol. The van der Waals surface area contributed by atoms with Crippen molar-refractivity contribution in [3.05, 3.63) is 99.2 Å². The van der Waals surface area contributed by atoms with E-state index in [9.17, 15) is 14.9 Å². The van der Waals surface area contributed by atoms with Crippen LogP contribution in [0.5, 0.6) is 0 Å². The van der Waals surface area contributed by atoms with E-state index in [1.54, 1.807) is 17.0 Å². The molecule has 0 aliphatic carbocycles. The van der Waals surface area contributed by atoms with Crippen molar-refractivity contribution in [2.24, 2.45) is 0 Å². The van der Waals surface area contributed by atoms with Crippen LogP contribution in [0, 0.1) is 10.1 Å². The molecule has 0 atom stereocenters. The van der Waals surface area contributed by atoms with Crippen LogP contribution in [0.3, 0.4) is 0 Å². The van der Waals surface area contributed by atoms with Gasteiger partial charge in [0.15, 0.2) is 0 Å². The molecule has 6 nitrogen and oxygen atoms in total. The van der Waals surface area contributed by atoms with Crippen LogP contribution in [0.4, 0.5) is 10.5 Å². The number of benzene rings is 2. The molecule has 29 heavy (non-hydrogen) atoms. The predicted molar refractivity (Wildman–Crippen MR) is 118 cm³/mol. The van der Waals surface area contributed by atoms with E-state index in [4.69, 9.17) is 12.2 Å². The number of carbonyl (C=O) groups excluding carboxylic acids is 1. The number of aromatic nitrogens is 1. The maximum absolute atomic E-state index is 12.5. The summed E-state index contributed by atoms with van der Waals surface area (Å²) in [4.78, 5) is 25.7. The first kappa shape index (κ1) is 19.1. The van der Waals surface area contributed by atoms with E-state index >= 15 is 0 Å². The van der Waals surface area contributed by atoms with Crippen LogP contribution in [-0.2, 0) is 6.54 Å². The first-order valence-electron chi connectivity index (χ1n) is 8.74. The second-order valence-corrected chi connectivity index (χ2v) is 7.71. The lowest BCUT2D eigenvalue weighted by molar-refractivity contribution is -0.384. The van der Waals surface area contributed by atoms with Gasteiger partial charge >= 0.3 is 0 Å². The summed E-state index contributed by atoms with van der Waals surface area (Å²) in [6.07, 6.45) is 3.73. The van der Waals surface area contributed by atoms with Gasteiger partial charge in [-0.3, -0.25) is 19.8 Å². The Kier molecular flexibility index (Phi) is 5.28. The number of carbonyl (C=O) groups is 1. The van der Waals surface area contributed by atoms with Crippen molar-refractivity contribution < 1.29 is 9.72 Å². The molecule has 1 saturated heterocycles. The summed E-state index contributed by atoms with van der Waals surface area (Å²) in [5.74, 6) is 0. The topological polar surface area (TPSA) is 68.4 Å². The van der Waals surface area contributed by atoms with E-state index in [1.165, 1.54) is 12.1 Å². The first-order valence-corrected chi connectivity index (χ1v) is 9.97. The van der Waals surface area contributed by atoms with Crippen molar-refractivity contribution in [3.8, 4) is 5.69 Å². The van der Waals surface area contributed by atoms with Crippen molar-refractivity contribution in [1.82, 2.24) is 9.47 Å². The minimum Gasteiger partial charge on any atom is -0.317 e. The molecule has 0 unspecified atom stereocenters. The number of hydrogen-bond acceptors (Lipinski definition) is 5. The maximum Gasteiger partial charge on any atom is 0.291 e. The van der Waals surface area contributed by atoms with Gasteiger partial charge in [0.2, 0.25) is 0 Å². The SMILES string of the molecule is O=C1S/C(=C\c2cccn2-c2ccc([N+](=O)[O-])cc2)C(=S)N1Cc1ccccc1. The second-order valence-electron chi connectivity index (χ2n) is 6.33. The molecule has 0 radical (unpaired) electrons. The second kappa shape index (κ2) is 8.02. The standard InChI is InChI=1S/C21H15N3O3S2/c25-21-23(14-15-5-2-1-3-6-15)20(28)19(29-21)13-18-7-4-12-22(18)16-8-10-17(11-9-16)24(26)27/h1-13H,14H2/b19-13-. The van der Waals surface area contributed by atoms with Crippen molar-refractivity contribution in [3.63, 3.8) is 0 Å². The molecule has 2 aromatic carbocycles. The van der Waals surface area contributed by atoms with E-state index in [0.29, 0.717) is 16.4 Å². The summed E-state index contributed by atoms with van der Waals surface area (Å²) >= 11 is 6.66. The number of nitrogens with zero attached hydrogens (tertiary/aromatic N) is 3. The smallest absolute Gasteiger partial charge is 0.291 e. The molecule has 0 saturated carbocycles. The molecule has 1 fully saturated rings. The molecular formula is C21H15N3O3S2. The third kappa shape index (κ3) is 3.98. The maximum atomic E-state index is 12.5. The Morgan fingerprint density at radius 3 is 2.45 bits per heavy atom. The Balaban J connectivity index is 1.59. The number of amides is 1. The van der Waals surface area contributed by atoms with Crippen LogP contribution >= 0.6 is 24.0 Å². The highest BCUT2D eigenvalue weighted by molar-refractivity contribution is 8.19. The Bertz CT molecular complexity index is 1120. The van der Waals surface area contributed by atoms with Gasteiger partial charge in [0, 0.05) is 29.7 Å². The van der Waals surface area contributed by atoms with Gasteiger partial charge in [-0.1, -0.05) is 42.5 Å². The number of thioether (sulfide) groups is 1. The summed E-state index contributed by atoms with van der Waals surface area (Å²) in [6.45, 7) is 0.437. The molecule has 4 rings (SSSR count). The quantitative estimate of drug-likeness (QED) is 0.238. The molecule has 1 amide bonds. The average molecular weight is 422 g/mol. The van der Waals surface area contributed by atoms with Crippen LogP contribution in [0.15, 0.2) is 77.8 Å². The summed E-state index contributed by atoms with van der Waals surface area (Å²) in [5.41, 5.74) is 2.67. The zero-order valence-electron chi connectivity index (χ0n) is 15.1. The van der Waals surface area contributed by atoms with E-state index in [-0.39, 0.29) is 10.9 Å². The highest BCUT2D eigenvalue weighted by Gasteiger charge is 2.31. The lowest BCUT2D eigenvalue weighted by Gasteiger charge is -2.14. The zero-order valence-corrected chi connectivity index (χ0v) is 16.7. The lowest BCUT2D eigenvalue weighted by atomic mass is 10.2. The number of nitro groups is 1. The average Bonchev–Trinajstić information content (AvgIpc) is 3.29. The third-order valence-electron chi connectivity index (χ3n) is 4.46. The Labute approximate surface area is 176 Å². The Hall–Kier alpha value is -3.23. The van der Waals surface area contributed by atoms with Crippen LogP contribution < -0.4 is 0 Å². The highest BCUT2D eigenvalue weighted by Crippen LogP contribution is 2.34. The molecular weight excluding hydrogens is 406 g/mol. The molecule has 1 aromatic heterocycles. The van der Waals surface area contributed by atoms with E-state index in [1.807, 2.05) is 59.3 Å². The molecule has 1 aliphatic heterocycles. The van der Waals surface area contributed by atoms with Crippen LogP contribution in [0.2, 0.25) is 0 Å². The number of nitro benzene ring substituents is 1. The molecule has 8 heteroatoms. The third-order valence-corrected chi connectivity index (χ3v) is 5.95. The normalized spacial score (nSPS) is 15.3. The molecule has 0 spiro atoms. The van der Waals surface area contributed by atoms with Gasteiger partial charge in [0.1, 0.15) is 4.99 Å². The number of non-ortho nitro benzene ring substituents is 1.